The van der Waals surface area contributed by atoms with Crippen LogP contribution < -0.4 is 0 Å². The molecule has 0 bridgehead atoms. The molecule has 1 saturated carbocycles. The van der Waals surface area contributed by atoms with Crippen molar-refractivity contribution < 1.29 is 13.7 Å². The summed E-state index contributed by atoms with van der Waals surface area (Å²) < 4.78 is 17.0. The van der Waals surface area contributed by atoms with E-state index in [-0.39, 0.29) is 11.3 Å². The van der Waals surface area contributed by atoms with Crippen LogP contribution >= 0.6 is 0 Å². The fraction of sp³-hybridized carbons (Fsp3) is 0.909. The van der Waals surface area contributed by atoms with E-state index in [9.17, 15) is 9.00 Å². The van der Waals surface area contributed by atoms with Crippen molar-refractivity contribution in [1.82, 2.24) is 4.90 Å². The second-order valence-corrected chi connectivity index (χ2v) is 6.02. The first-order valence-corrected chi connectivity index (χ1v) is 7.22. The summed E-state index contributed by atoms with van der Waals surface area (Å²) in [6.45, 7) is 1.38. The van der Waals surface area contributed by atoms with Crippen molar-refractivity contribution in [3.8, 4) is 0 Å². The molecule has 1 saturated heterocycles. The number of likely N-dealkylation sites (tertiary alicyclic amines) is 1. The van der Waals surface area contributed by atoms with Crippen LogP contribution in [-0.4, -0.2) is 46.4 Å². The molecular formula is C11H19NO3S. The fourth-order valence-corrected chi connectivity index (χ4v) is 3.36. The number of methoxy groups -OCH3 is 1. The number of carbonyl (C=O) groups excluding carboxylic acids is 1. The molecule has 2 rings (SSSR count). The first kappa shape index (κ1) is 12.0. The molecule has 1 atom stereocenters. The second-order valence-electron chi connectivity index (χ2n) is 4.64. The van der Waals surface area contributed by atoms with Crippen LogP contribution in [0.4, 0.5) is 4.79 Å². The molecule has 1 aliphatic carbocycles. The van der Waals surface area contributed by atoms with Crippen LogP contribution in [0, 0.1) is 5.92 Å². The van der Waals surface area contributed by atoms with Gasteiger partial charge in [-0.05, 0) is 31.6 Å². The lowest BCUT2D eigenvalue weighted by Gasteiger charge is -2.30. The number of hydrogen-bond acceptors (Lipinski definition) is 3. The predicted molar refractivity (Wildman–Crippen MR) is 62.7 cm³/mol. The van der Waals surface area contributed by atoms with Crippen LogP contribution in [0.25, 0.3) is 0 Å². The molecule has 1 amide bonds. The summed E-state index contributed by atoms with van der Waals surface area (Å²) >= 11 is 0. The van der Waals surface area contributed by atoms with Gasteiger partial charge in [-0.2, -0.15) is 0 Å². The van der Waals surface area contributed by atoms with Crippen LogP contribution in [-0.2, 0) is 15.5 Å². The van der Waals surface area contributed by atoms with Gasteiger partial charge in [0, 0.05) is 26.0 Å². The molecule has 1 aliphatic heterocycles. The van der Waals surface area contributed by atoms with Crippen molar-refractivity contribution in [3.05, 3.63) is 0 Å². The Balaban J connectivity index is 1.78. The minimum Gasteiger partial charge on any atom is -0.381 e. The minimum atomic E-state index is -1.30. The molecule has 1 heterocycles. The van der Waals surface area contributed by atoms with Crippen LogP contribution in [0.3, 0.4) is 0 Å². The molecule has 0 N–H and O–H groups in total. The molecule has 0 aromatic carbocycles. The standard InChI is InChI=1S/C11H19NO3S/c1-15-10-4-6-12(7-5-10)11(13)16(14)8-9-2-3-9/h9-10H,2-8H2,1H3. The molecule has 0 spiro atoms. The third kappa shape index (κ3) is 3.04. The number of amides is 1. The van der Waals surface area contributed by atoms with Gasteiger partial charge >= 0.3 is 5.24 Å². The van der Waals surface area contributed by atoms with E-state index >= 15 is 0 Å². The van der Waals surface area contributed by atoms with E-state index < -0.39 is 10.8 Å². The quantitative estimate of drug-likeness (QED) is 0.754. The molecule has 0 radical (unpaired) electrons. The number of rotatable bonds is 3. The Bertz CT molecular complexity index is 283. The number of hydrogen-bond donors (Lipinski definition) is 0. The highest BCUT2D eigenvalue weighted by Crippen LogP contribution is 2.30. The summed E-state index contributed by atoms with van der Waals surface area (Å²) in [6.07, 6.45) is 4.28. The van der Waals surface area contributed by atoms with E-state index in [2.05, 4.69) is 0 Å². The van der Waals surface area contributed by atoms with Gasteiger partial charge in [-0.15, -0.1) is 0 Å². The van der Waals surface area contributed by atoms with Crippen molar-refractivity contribution in [1.29, 1.82) is 0 Å². The lowest BCUT2D eigenvalue weighted by molar-refractivity contribution is 0.0535. The first-order chi connectivity index (χ1) is 7.70. The van der Waals surface area contributed by atoms with E-state index in [0.717, 1.165) is 25.7 Å². The van der Waals surface area contributed by atoms with Crippen molar-refractivity contribution in [2.75, 3.05) is 26.0 Å². The smallest absolute Gasteiger partial charge is 0.311 e. The fourth-order valence-electron chi connectivity index (χ4n) is 1.99. The minimum absolute atomic E-state index is 0.165. The number of piperidine rings is 1. The monoisotopic (exact) mass is 245 g/mol. The molecule has 2 fully saturated rings. The van der Waals surface area contributed by atoms with Crippen molar-refractivity contribution in [3.63, 3.8) is 0 Å². The van der Waals surface area contributed by atoms with Gasteiger partial charge in [0.15, 0.2) is 0 Å². The summed E-state index contributed by atoms with van der Waals surface area (Å²) in [6, 6.07) is 0. The maximum Gasteiger partial charge on any atom is 0.311 e. The van der Waals surface area contributed by atoms with E-state index in [1.54, 1.807) is 12.0 Å². The third-order valence-electron chi connectivity index (χ3n) is 3.31. The largest absolute Gasteiger partial charge is 0.381 e. The molecule has 2 aliphatic rings. The Morgan fingerprint density at radius 2 is 1.94 bits per heavy atom. The molecule has 1 unspecified atom stereocenters. The van der Waals surface area contributed by atoms with E-state index in [4.69, 9.17) is 4.74 Å². The SMILES string of the molecule is COC1CCN(C(=O)S(=O)CC2CC2)CC1. The molecule has 0 aromatic heterocycles. The van der Waals surface area contributed by atoms with Crippen LogP contribution in [0.2, 0.25) is 0 Å². The molecule has 4 nitrogen and oxygen atoms in total. The molecular weight excluding hydrogens is 226 g/mol. The number of ether oxygens (including phenoxy) is 1. The maximum atomic E-state index is 11.8. The number of nitrogens with zero attached hydrogens (tertiary/aromatic N) is 1. The Hall–Kier alpha value is -0.420. The average Bonchev–Trinajstić information content (AvgIpc) is 3.12. The maximum absolute atomic E-state index is 11.8. The average molecular weight is 245 g/mol. The third-order valence-corrected chi connectivity index (χ3v) is 4.73. The number of carbonyl (C=O) groups is 1. The molecule has 16 heavy (non-hydrogen) atoms. The van der Waals surface area contributed by atoms with Gasteiger partial charge in [0.1, 0.15) is 10.8 Å². The lowest BCUT2D eigenvalue weighted by atomic mass is 10.1. The first-order valence-electron chi connectivity index (χ1n) is 5.90. The molecule has 92 valence electrons. The van der Waals surface area contributed by atoms with Crippen LogP contribution in [0.1, 0.15) is 25.7 Å². The van der Waals surface area contributed by atoms with Crippen molar-refractivity contribution in [2.45, 2.75) is 31.8 Å². The normalized spacial score (nSPS) is 24.4. The van der Waals surface area contributed by atoms with Crippen molar-refractivity contribution >= 4 is 16.0 Å². The Labute approximate surface area is 98.8 Å². The van der Waals surface area contributed by atoms with E-state index in [1.165, 1.54) is 0 Å². The molecule has 0 aromatic rings. The highest BCUT2D eigenvalue weighted by Gasteiger charge is 2.30. The molecule has 5 heteroatoms. The Morgan fingerprint density at radius 1 is 1.31 bits per heavy atom. The summed E-state index contributed by atoms with van der Waals surface area (Å²) in [5, 5.41) is -0.165. The highest BCUT2D eigenvalue weighted by molar-refractivity contribution is 8.00. The summed E-state index contributed by atoms with van der Waals surface area (Å²) in [5.74, 6) is 1.12. The van der Waals surface area contributed by atoms with Gasteiger partial charge in [-0.1, -0.05) is 0 Å². The highest BCUT2D eigenvalue weighted by atomic mass is 32.2. The summed E-state index contributed by atoms with van der Waals surface area (Å²) in [7, 11) is 0.405. The Morgan fingerprint density at radius 3 is 2.44 bits per heavy atom. The van der Waals surface area contributed by atoms with Gasteiger partial charge in [-0.25, -0.2) is 4.21 Å². The van der Waals surface area contributed by atoms with Gasteiger partial charge < -0.3 is 9.64 Å². The van der Waals surface area contributed by atoms with Crippen LogP contribution in [0.5, 0.6) is 0 Å². The van der Waals surface area contributed by atoms with Gasteiger partial charge in [0.2, 0.25) is 0 Å². The van der Waals surface area contributed by atoms with Gasteiger partial charge in [0.05, 0.1) is 6.10 Å². The van der Waals surface area contributed by atoms with E-state index in [0.29, 0.717) is 24.8 Å². The summed E-state index contributed by atoms with van der Waals surface area (Å²) in [5.41, 5.74) is 0. The second kappa shape index (κ2) is 5.27. The lowest BCUT2D eigenvalue weighted by Crippen LogP contribution is -2.42. The van der Waals surface area contributed by atoms with Crippen molar-refractivity contribution in [2.24, 2.45) is 5.92 Å². The summed E-state index contributed by atoms with van der Waals surface area (Å²) in [4.78, 5) is 13.6. The van der Waals surface area contributed by atoms with Gasteiger partial charge in [-0.3, -0.25) is 4.79 Å². The predicted octanol–water partition coefficient (Wildman–Crippen LogP) is 1.38. The topological polar surface area (TPSA) is 46.6 Å². The van der Waals surface area contributed by atoms with Crippen LogP contribution in [0.15, 0.2) is 0 Å². The van der Waals surface area contributed by atoms with E-state index in [1.807, 2.05) is 0 Å². The zero-order valence-electron chi connectivity index (χ0n) is 9.68. The zero-order chi connectivity index (χ0) is 11.5. The zero-order valence-corrected chi connectivity index (χ0v) is 10.5. The van der Waals surface area contributed by atoms with Gasteiger partial charge in [0.25, 0.3) is 0 Å². The Kier molecular flexibility index (Phi) is 3.97.